The van der Waals surface area contributed by atoms with Crippen LogP contribution in [0, 0.1) is 5.92 Å². The molecule has 1 aromatic rings. The largest absolute Gasteiger partial charge is 0.491 e. The molecule has 1 aliphatic heterocycles. The topological polar surface area (TPSA) is 44.5 Å². The first-order chi connectivity index (χ1) is 9.11. The van der Waals surface area contributed by atoms with Crippen molar-refractivity contribution in [3.05, 3.63) is 29.8 Å². The van der Waals surface area contributed by atoms with Gasteiger partial charge < -0.3 is 15.2 Å². The summed E-state index contributed by atoms with van der Waals surface area (Å²) < 4.78 is 11.5. The maximum atomic E-state index is 6.43. The second kappa shape index (κ2) is 6.40. The van der Waals surface area contributed by atoms with Gasteiger partial charge in [-0.3, -0.25) is 0 Å². The minimum Gasteiger partial charge on any atom is -0.491 e. The molecule has 1 aliphatic rings. The van der Waals surface area contributed by atoms with Crippen LogP contribution < -0.4 is 10.5 Å². The summed E-state index contributed by atoms with van der Waals surface area (Å²) in [6.45, 7) is 7.06. The van der Waals surface area contributed by atoms with Crippen molar-refractivity contribution in [1.29, 1.82) is 0 Å². The first-order valence-corrected chi connectivity index (χ1v) is 7.25. The average Bonchev–Trinajstić information content (AvgIpc) is 2.85. The second-order valence-electron chi connectivity index (χ2n) is 5.53. The Labute approximate surface area is 116 Å². The highest BCUT2D eigenvalue weighted by molar-refractivity contribution is 5.31. The van der Waals surface area contributed by atoms with E-state index in [2.05, 4.69) is 19.1 Å². The molecular formula is C16H25NO2. The third kappa shape index (κ3) is 3.48. The van der Waals surface area contributed by atoms with Crippen molar-refractivity contribution in [3.63, 3.8) is 0 Å². The number of hydrogen-bond donors (Lipinski definition) is 1. The molecule has 1 aromatic carbocycles. The third-order valence-corrected chi connectivity index (χ3v) is 3.74. The van der Waals surface area contributed by atoms with Crippen LogP contribution in [0.1, 0.15) is 45.2 Å². The summed E-state index contributed by atoms with van der Waals surface area (Å²) in [5.41, 5.74) is 7.58. The van der Waals surface area contributed by atoms with Gasteiger partial charge in [-0.05, 0) is 44.4 Å². The minimum atomic E-state index is 0.0307. The summed E-state index contributed by atoms with van der Waals surface area (Å²) in [4.78, 5) is 0. The first kappa shape index (κ1) is 14.4. The molecule has 0 saturated carbocycles. The predicted molar refractivity (Wildman–Crippen MR) is 77.3 cm³/mol. The lowest BCUT2D eigenvalue weighted by Crippen LogP contribution is -2.28. The van der Waals surface area contributed by atoms with Crippen molar-refractivity contribution in [1.82, 2.24) is 0 Å². The van der Waals surface area contributed by atoms with Crippen LogP contribution in [0.5, 0.6) is 5.75 Å². The Morgan fingerprint density at radius 3 is 2.89 bits per heavy atom. The molecule has 0 bridgehead atoms. The van der Waals surface area contributed by atoms with E-state index in [0.29, 0.717) is 12.0 Å². The van der Waals surface area contributed by atoms with Gasteiger partial charge in [0.1, 0.15) is 5.75 Å². The first-order valence-electron chi connectivity index (χ1n) is 7.25. The Balaban J connectivity index is 2.12. The lowest BCUT2D eigenvalue weighted by Gasteiger charge is -2.24. The average molecular weight is 263 g/mol. The van der Waals surface area contributed by atoms with E-state index in [0.717, 1.165) is 30.8 Å². The number of nitrogens with two attached hydrogens (primary N) is 1. The van der Waals surface area contributed by atoms with Gasteiger partial charge >= 0.3 is 0 Å². The Bertz CT molecular complexity index is 405. The van der Waals surface area contributed by atoms with Crippen LogP contribution in [0.25, 0.3) is 0 Å². The van der Waals surface area contributed by atoms with Crippen molar-refractivity contribution < 1.29 is 9.47 Å². The van der Waals surface area contributed by atoms with Gasteiger partial charge in [0.15, 0.2) is 0 Å². The summed E-state index contributed by atoms with van der Waals surface area (Å²) in [5, 5.41) is 0. The Hall–Kier alpha value is -1.06. The Morgan fingerprint density at radius 2 is 2.21 bits per heavy atom. The van der Waals surface area contributed by atoms with Crippen LogP contribution in [-0.2, 0) is 4.74 Å². The van der Waals surface area contributed by atoms with E-state index in [1.54, 1.807) is 0 Å². The van der Waals surface area contributed by atoms with Gasteiger partial charge in [-0.15, -0.1) is 0 Å². The molecule has 1 fully saturated rings. The van der Waals surface area contributed by atoms with E-state index in [1.165, 1.54) is 0 Å². The van der Waals surface area contributed by atoms with Gasteiger partial charge in [-0.25, -0.2) is 0 Å². The zero-order chi connectivity index (χ0) is 13.8. The zero-order valence-corrected chi connectivity index (χ0v) is 12.1. The highest BCUT2D eigenvalue weighted by atomic mass is 16.5. The lowest BCUT2D eigenvalue weighted by molar-refractivity contribution is 0.0813. The van der Waals surface area contributed by atoms with Crippen molar-refractivity contribution >= 4 is 0 Å². The molecule has 106 valence electrons. The number of rotatable bonds is 5. The zero-order valence-electron chi connectivity index (χ0n) is 12.1. The fourth-order valence-corrected chi connectivity index (χ4v) is 2.81. The fraction of sp³-hybridized carbons (Fsp3) is 0.625. The summed E-state index contributed by atoms with van der Waals surface area (Å²) in [7, 11) is 0. The molecule has 1 heterocycles. The monoisotopic (exact) mass is 263 g/mol. The summed E-state index contributed by atoms with van der Waals surface area (Å²) in [6, 6.07) is 8.18. The van der Waals surface area contributed by atoms with E-state index in [-0.39, 0.29) is 12.1 Å². The van der Waals surface area contributed by atoms with Crippen molar-refractivity contribution in [3.8, 4) is 5.75 Å². The van der Waals surface area contributed by atoms with E-state index in [4.69, 9.17) is 15.2 Å². The SMILES string of the molecule is CCC1OCCC1C(N)c1cccc(OC(C)C)c1. The molecule has 0 amide bonds. The van der Waals surface area contributed by atoms with E-state index in [9.17, 15) is 0 Å². The van der Waals surface area contributed by atoms with Crippen LogP contribution in [0.4, 0.5) is 0 Å². The molecule has 3 unspecified atom stereocenters. The van der Waals surface area contributed by atoms with Crippen LogP contribution in [0.2, 0.25) is 0 Å². The van der Waals surface area contributed by atoms with Crippen LogP contribution in [0.15, 0.2) is 24.3 Å². The van der Waals surface area contributed by atoms with Crippen LogP contribution in [0.3, 0.4) is 0 Å². The molecule has 0 aliphatic carbocycles. The maximum absolute atomic E-state index is 6.43. The molecule has 2 rings (SSSR count). The Kier molecular flexibility index (Phi) is 4.83. The summed E-state index contributed by atoms with van der Waals surface area (Å²) in [6.07, 6.45) is 2.56. The maximum Gasteiger partial charge on any atom is 0.120 e. The molecule has 1 saturated heterocycles. The number of benzene rings is 1. The highest BCUT2D eigenvalue weighted by Gasteiger charge is 2.32. The quantitative estimate of drug-likeness (QED) is 0.886. The van der Waals surface area contributed by atoms with Gasteiger partial charge in [0.25, 0.3) is 0 Å². The minimum absolute atomic E-state index is 0.0307. The van der Waals surface area contributed by atoms with Gasteiger partial charge in [-0.2, -0.15) is 0 Å². The fourth-order valence-electron chi connectivity index (χ4n) is 2.81. The van der Waals surface area contributed by atoms with Crippen molar-refractivity contribution in [2.75, 3.05) is 6.61 Å². The van der Waals surface area contributed by atoms with Gasteiger partial charge in [0.2, 0.25) is 0 Å². The van der Waals surface area contributed by atoms with E-state index >= 15 is 0 Å². The summed E-state index contributed by atoms with van der Waals surface area (Å²) >= 11 is 0. The number of hydrogen-bond acceptors (Lipinski definition) is 3. The van der Waals surface area contributed by atoms with E-state index in [1.807, 2.05) is 26.0 Å². The second-order valence-corrected chi connectivity index (χ2v) is 5.53. The normalized spacial score (nSPS) is 24.7. The van der Waals surface area contributed by atoms with Crippen LogP contribution >= 0.6 is 0 Å². The standard InChI is InChI=1S/C16H25NO2/c1-4-15-14(8-9-18-15)16(17)12-6-5-7-13(10-12)19-11(2)3/h5-7,10-11,14-16H,4,8-9,17H2,1-3H3. The molecule has 3 heteroatoms. The predicted octanol–water partition coefficient (Wildman–Crippen LogP) is 3.29. The smallest absolute Gasteiger partial charge is 0.120 e. The van der Waals surface area contributed by atoms with Gasteiger partial charge in [0, 0.05) is 18.6 Å². The Morgan fingerprint density at radius 1 is 1.42 bits per heavy atom. The molecule has 0 radical (unpaired) electrons. The molecule has 0 spiro atoms. The van der Waals surface area contributed by atoms with Gasteiger partial charge in [-0.1, -0.05) is 19.1 Å². The third-order valence-electron chi connectivity index (χ3n) is 3.74. The highest BCUT2D eigenvalue weighted by Crippen LogP contribution is 2.34. The van der Waals surface area contributed by atoms with Crippen molar-refractivity contribution in [2.45, 2.75) is 51.9 Å². The molecule has 3 atom stereocenters. The molecule has 0 aromatic heterocycles. The molecule has 3 nitrogen and oxygen atoms in total. The molecule has 19 heavy (non-hydrogen) atoms. The lowest BCUT2D eigenvalue weighted by atomic mass is 9.87. The van der Waals surface area contributed by atoms with Crippen LogP contribution in [-0.4, -0.2) is 18.8 Å². The van der Waals surface area contributed by atoms with Crippen molar-refractivity contribution in [2.24, 2.45) is 11.7 Å². The molecule has 2 N–H and O–H groups in total. The van der Waals surface area contributed by atoms with E-state index < -0.39 is 0 Å². The molecular weight excluding hydrogens is 238 g/mol. The number of ether oxygens (including phenoxy) is 2. The summed E-state index contributed by atoms with van der Waals surface area (Å²) in [5.74, 6) is 1.31. The van der Waals surface area contributed by atoms with Gasteiger partial charge in [0.05, 0.1) is 12.2 Å².